The molecule has 29 heavy (non-hydrogen) atoms. The van der Waals surface area contributed by atoms with Gasteiger partial charge >= 0.3 is 0 Å². The van der Waals surface area contributed by atoms with Gasteiger partial charge in [-0.15, -0.1) is 0 Å². The summed E-state index contributed by atoms with van der Waals surface area (Å²) in [4.78, 5) is 22.4. The summed E-state index contributed by atoms with van der Waals surface area (Å²) >= 11 is 0. The number of rotatable bonds is 4. The number of pyridine rings is 1. The third-order valence-corrected chi connectivity index (χ3v) is 6.92. The van der Waals surface area contributed by atoms with Gasteiger partial charge in [0.05, 0.1) is 6.10 Å². The number of ether oxygens (including phenoxy) is 1. The third-order valence-electron chi connectivity index (χ3n) is 6.92. The largest absolute Gasteiger partial charge is 0.381 e. The summed E-state index contributed by atoms with van der Waals surface area (Å²) in [5.41, 5.74) is 2.31. The number of fused-ring (bicyclic) bond motifs is 4. The smallest absolute Gasteiger partial charge is 0.255 e. The van der Waals surface area contributed by atoms with E-state index in [-0.39, 0.29) is 5.56 Å². The van der Waals surface area contributed by atoms with Gasteiger partial charge in [-0.25, -0.2) is 4.68 Å². The van der Waals surface area contributed by atoms with Crippen molar-refractivity contribution in [3.63, 3.8) is 0 Å². The third kappa shape index (κ3) is 3.48. The van der Waals surface area contributed by atoms with Gasteiger partial charge in [-0.2, -0.15) is 10.1 Å². The fraction of sp³-hybridized carbons (Fsp3) is 0.667. The van der Waals surface area contributed by atoms with Crippen LogP contribution in [0.3, 0.4) is 0 Å². The molecule has 2 atom stereocenters. The highest BCUT2D eigenvalue weighted by Gasteiger charge is 2.36. The number of likely N-dealkylation sites (tertiary alicyclic amines) is 1. The zero-order chi connectivity index (χ0) is 20.0. The Morgan fingerprint density at radius 3 is 2.72 bits per heavy atom. The average Bonchev–Trinajstić information content (AvgIpc) is 3.17. The molecule has 0 spiro atoms. The number of aromatic nitrogens is 4. The van der Waals surface area contributed by atoms with Crippen LogP contribution in [0.25, 0.3) is 0 Å². The number of methoxy groups -OCH3 is 1. The van der Waals surface area contributed by atoms with Gasteiger partial charge in [0, 0.05) is 70.6 Å². The molecule has 2 aromatic heterocycles. The van der Waals surface area contributed by atoms with Gasteiger partial charge in [-0.3, -0.25) is 9.69 Å². The summed E-state index contributed by atoms with van der Waals surface area (Å²) in [5.74, 6) is 1.77. The Bertz CT molecular complexity index is 929. The van der Waals surface area contributed by atoms with Gasteiger partial charge in [0.25, 0.3) is 5.56 Å². The first kappa shape index (κ1) is 18.8. The van der Waals surface area contributed by atoms with Crippen LogP contribution in [0.1, 0.15) is 36.4 Å². The molecule has 2 saturated heterocycles. The molecular weight excluding hydrogens is 368 g/mol. The van der Waals surface area contributed by atoms with Crippen molar-refractivity contribution >= 4 is 5.95 Å². The summed E-state index contributed by atoms with van der Waals surface area (Å²) in [6, 6.07) is 4.26. The van der Waals surface area contributed by atoms with Crippen molar-refractivity contribution in [2.24, 2.45) is 13.0 Å². The van der Waals surface area contributed by atoms with E-state index < -0.39 is 0 Å². The Morgan fingerprint density at radius 1 is 1.17 bits per heavy atom. The number of anilines is 1. The van der Waals surface area contributed by atoms with E-state index in [0.717, 1.165) is 70.0 Å². The minimum absolute atomic E-state index is 0.207. The second kappa shape index (κ2) is 7.57. The van der Waals surface area contributed by atoms with Crippen molar-refractivity contribution in [1.29, 1.82) is 0 Å². The van der Waals surface area contributed by atoms with Crippen molar-refractivity contribution in [1.82, 2.24) is 24.2 Å². The predicted octanol–water partition coefficient (Wildman–Crippen LogP) is 1.21. The number of piperidine rings is 2. The summed E-state index contributed by atoms with van der Waals surface area (Å²) in [5, 5.41) is 4.22. The van der Waals surface area contributed by atoms with E-state index >= 15 is 0 Å². The molecule has 0 saturated carbocycles. The Hall–Kier alpha value is -2.19. The molecule has 156 valence electrons. The van der Waals surface area contributed by atoms with Gasteiger partial charge in [0.2, 0.25) is 5.95 Å². The Kier molecular flexibility index (Phi) is 4.91. The van der Waals surface area contributed by atoms with Crippen LogP contribution in [-0.4, -0.2) is 63.6 Å². The monoisotopic (exact) mass is 398 g/mol. The van der Waals surface area contributed by atoms with Crippen LogP contribution in [0.4, 0.5) is 5.95 Å². The van der Waals surface area contributed by atoms with E-state index in [1.165, 1.54) is 5.69 Å². The molecule has 2 fully saturated rings. The highest BCUT2D eigenvalue weighted by Crippen LogP contribution is 2.36. The van der Waals surface area contributed by atoms with Gasteiger partial charge < -0.3 is 14.2 Å². The van der Waals surface area contributed by atoms with Crippen LogP contribution in [0.2, 0.25) is 0 Å². The van der Waals surface area contributed by atoms with E-state index in [1.807, 2.05) is 11.7 Å². The molecule has 0 N–H and O–H groups in total. The maximum atomic E-state index is 13.3. The van der Waals surface area contributed by atoms with Crippen LogP contribution in [-0.2, 0) is 24.9 Å². The quantitative estimate of drug-likeness (QED) is 0.771. The zero-order valence-corrected chi connectivity index (χ0v) is 17.3. The summed E-state index contributed by atoms with van der Waals surface area (Å²) in [6.45, 7) is 5.37. The average molecular weight is 399 g/mol. The fourth-order valence-electron chi connectivity index (χ4n) is 5.40. The first-order valence-electron chi connectivity index (χ1n) is 10.7. The molecule has 0 amide bonds. The normalized spacial score (nSPS) is 25.2. The topological polar surface area (TPSA) is 68.4 Å². The van der Waals surface area contributed by atoms with Gasteiger partial charge in [0.1, 0.15) is 6.33 Å². The van der Waals surface area contributed by atoms with E-state index in [1.54, 1.807) is 13.4 Å². The first-order chi connectivity index (χ1) is 14.1. The van der Waals surface area contributed by atoms with E-state index in [2.05, 4.69) is 36.6 Å². The lowest BCUT2D eigenvalue weighted by Crippen LogP contribution is -2.48. The molecule has 0 unspecified atom stereocenters. The molecule has 5 rings (SSSR count). The van der Waals surface area contributed by atoms with E-state index in [4.69, 9.17) is 4.74 Å². The van der Waals surface area contributed by atoms with Gasteiger partial charge in [-0.05, 0) is 31.2 Å². The molecule has 8 nitrogen and oxygen atoms in total. The Morgan fingerprint density at radius 2 is 2.00 bits per heavy atom. The Labute approximate surface area is 171 Å². The molecule has 3 aliphatic heterocycles. The van der Waals surface area contributed by atoms with E-state index in [9.17, 15) is 4.79 Å². The molecule has 8 heteroatoms. The lowest BCUT2D eigenvalue weighted by atomic mass is 9.83. The van der Waals surface area contributed by atoms with Gasteiger partial charge in [0.15, 0.2) is 0 Å². The van der Waals surface area contributed by atoms with Crippen LogP contribution < -0.4 is 10.5 Å². The fourth-order valence-corrected chi connectivity index (χ4v) is 5.40. The van der Waals surface area contributed by atoms with Crippen molar-refractivity contribution < 1.29 is 4.74 Å². The summed E-state index contributed by atoms with van der Waals surface area (Å²) < 4.78 is 9.36. The number of aryl methyl sites for hydroxylation is 1. The van der Waals surface area contributed by atoms with Crippen molar-refractivity contribution in [3.05, 3.63) is 40.1 Å². The van der Waals surface area contributed by atoms with Crippen molar-refractivity contribution in [2.45, 2.75) is 44.4 Å². The van der Waals surface area contributed by atoms with Crippen LogP contribution in [0.5, 0.6) is 0 Å². The van der Waals surface area contributed by atoms with Crippen molar-refractivity contribution in [3.8, 4) is 0 Å². The number of hydrogen-bond acceptors (Lipinski definition) is 6. The second-order valence-corrected chi connectivity index (χ2v) is 8.80. The second-order valence-electron chi connectivity index (χ2n) is 8.80. The lowest BCUT2D eigenvalue weighted by molar-refractivity contribution is 0.0387. The summed E-state index contributed by atoms with van der Waals surface area (Å²) in [6.07, 6.45) is 5.22. The molecule has 0 aromatic carbocycles. The van der Waals surface area contributed by atoms with E-state index in [0.29, 0.717) is 17.9 Å². The maximum absolute atomic E-state index is 13.3. The van der Waals surface area contributed by atoms with Crippen LogP contribution in [0, 0.1) is 5.92 Å². The molecule has 0 radical (unpaired) electrons. The minimum Gasteiger partial charge on any atom is -0.381 e. The SMILES string of the molecule is COC1CCN(Cc2ccc3n(c2=O)C[C@H]2C[C@@H]3CN(c3ncnn3C)C2)CC1. The highest BCUT2D eigenvalue weighted by atomic mass is 16.5. The number of nitrogens with zero attached hydrogens (tertiary/aromatic N) is 6. The predicted molar refractivity (Wildman–Crippen MR) is 110 cm³/mol. The highest BCUT2D eigenvalue weighted by molar-refractivity contribution is 5.34. The van der Waals surface area contributed by atoms with Crippen molar-refractivity contribution in [2.75, 3.05) is 38.2 Å². The molecule has 3 aliphatic rings. The molecule has 2 bridgehead atoms. The molecule has 2 aromatic rings. The molecular formula is C21H30N6O2. The zero-order valence-electron chi connectivity index (χ0n) is 17.3. The minimum atomic E-state index is 0.207. The Balaban J connectivity index is 1.35. The molecule has 5 heterocycles. The lowest BCUT2D eigenvalue weighted by Gasteiger charge is -2.43. The molecule has 0 aliphatic carbocycles. The maximum Gasteiger partial charge on any atom is 0.255 e. The first-order valence-corrected chi connectivity index (χ1v) is 10.7. The standard InChI is InChI=1S/C21H30N6O2/c1-24-21(22-14-23-24)26-10-15-9-17(13-26)19-4-3-16(20(28)27(19)11-15)12-25-7-5-18(29-2)6-8-25/h3-4,14-15,17-18H,5-13H2,1-2H3/t15-,17+/m0/s1. The van der Waals surface area contributed by atoms with Crippen LogP contribution >= 0.6 is 0 Å². The van der Waals surface area contributed by atoms with Crippen LogP contribution in [0.15, 0.2) is 23.3 Å². The summed E-state index contributed by atoms with van der Waals surface area (Å²) in [7, 11) is 3.73. The number of hydrogen-bond donors (Lipinski definition) is 0. The van der Waals surface area contributed by atoms with Gasteiger partial charge in [-0.1, -0.05) is 6.07 Å².